The molecule has 2 N–H and O–H groups in total. The summed E-state index contributed by atoms with van der Waals surface area (Å²) in [5, 5.41) is 5.15. The molecule has 0 aliphatic heterocycles. The van der Waals surface area contributed by atoms with E-state index in [0.29, 0.717) is 29.1 Å². The largest absolute Gasteiger partial charge is 0.434 e. The van der Waals surface area contributed by atoms with Crippen LogP contribution in [0.3, 0.4) is 0 Å². The maximum atomic E-state index is 13.3. The van der Waals surface area contributed by atoms with Crippen LogP contribution in [-0.2, 0) is 6.42 Å². The van der Waals surface area contributed by atoms with Crippen molar-refractivity contribution in [2.45, 2.75) is 6.42 Å². The number of hydrogen-bond donors (Lipinski definition) is 2. The van der Waals surface area contributed by atoms with Gasteiger partial charge in [0.25, 0.3) is 0 Å². The van der Waals surface area contributed by atoms with E-state index in [1.165, 1.54) is 6.07 Å². The van der Waals surface area contributed by atoms with Crippen molar-refractivity contribution in [1.29, 1.82) is 0 Å². The molecule has 0 radical (unpaired) electrons. The van der Waals surface area contributed by atoms with Crippen molar-refractivity contribution in [3.8, 4) is 0 Å². The summed E-state index contributed by atoms with van der Waals surface area (Å²) in [5.74, 6) is 0.0786. The Labute approximate surface area is 118 Å². The molecular weight excluding hydrogens is 315 g/mol. The van der Waals surface area contributed by atoms with Crippen molar-refractivity contribution in [2.24, 2.45) is 0 Å². The monoisotopic (exact) mass is 326 g/mol. The van der Waals surface area contributed by atoms with Crippen molar-refractivity contribution >= 4 is 27.8 Å². The van der Waals surface area contributed by atoms with E-state index < -0.39 is 6.03 Å². The molecule has 2 rings (SSSR count). The summed E-state index contributed by atoms with van der Waals surface area (Å²) in [6.07, 6.45) is 0.432. The minimum absolute atomic E-state index is 0.264. The first-order valence-electron chi connectivity index (χ1n) is 5.69. The molecule has 0 spiro atoms. The number of halogens is 2. The summed E-state index contributed by atoms with van der Waals surface area (Å²) in [4.78, 5) is 11.5. The molecule has 2 aromatic rings. The predicted octanol–water partition coefficient (Wildman–Crippen LogP) is 3.55. The molecule has 0 saturated carbocycles. The highest BCUT2D eigenvalue weighted by molar-refractivity contribution is 9.10. The smallest absolute Gasteiger partial charge is 0.321 e. The maximum absolute atomic E-state index is 13.3. The van der Waals surface area contributed by atoms with Gasteiger partial charge in [-0.2, -0.15) is 0 Å². The molecule has 0 fully saturated rings. The quantitative estimate of drug-likeness (QED) is 0.902. The SMILES string of the molecule is O=C(NCCc1ccccc1F)Nc1ccc(Br)o1. The van der Waals surface area contributed by atoms with E-state index in [2.05, 4.69) is 26.6 Å². The van der Waals surface area contributed by atoms with Crippen LogP contribution in [0.15, 0.2) is 45.5 Å². The zero-order valence-corrected chi connectivity index (χ0v) is 11.5. The lowest BCUT2D eigenvalue weighted by molar-refractivity contribution is 0.251. The Morgan fingerprint density at radius 1 is 1.26 bits per heavy atom. The zero-order chi connectivity index (χ0) is 13.7. The Morgan fingerprint density at radius 3 is 2.74 bits per heavy atom. The van der Waals surface area contributed by atoms with Crippen LogP contribution < -0.4 is 10.6 Å². The molecule has 1 aromatic heterocycles. The fourth-order valence-corrected chi connectivity index (χ4v) is 1.86. The molecule has 100 valence electrons. The third-order valence-corrected chi connectivity index (χ3v) is 2.87. The van der Waals surface area contributed by atoms with Gasteiger partial charge < -0.3 is 9.73 Å². The lowest BCUT2D eigenvalue weighted by Gasteiger charge is -2.06. The van der Waals surface area contributed by atoms with E-state index >= 15 is 0 Å². The van der Waals surface area contributed by atoms with Gasteiger partial charge in [-0.15, -0.1) is 0 Å². The summed E-state index contributed by atoms with van der Waals surface area (Å²) in [5.41, 5.74) is 0.573. The molecule has 0 bridgehead atoms. The number of furan rings is 1. The van der Waals surface area contributed by atoms with Gasteiger partial charge in [-0.25, -0.2) is 9.18 Å². The van der Waals surface area contributed by atoms with Gasteiger partial charge in [-0.3, -0.25) is 5.32 Å². The van der Waals surface area contributed by atoms with Crippen molar-refractivity contribution in [3.63, 3.8) is 0 Å². The molecule has 1 heterocycles. The Bertz CT molecular complexity index is 571. The van der Waals surface area contributed by atoms with Gasteiger partial charge in [0, 0.05) is 12.6 Å². The van der Waals surface area contributed by atoms with E-state index in [0.717, 1.165) is 0 Å². The summed E-state index contributed by atoms with van der Waals surface area (Å²) < 4.78 is 19.0. The third kappa shape index (κ3) is 4.10. The number of carbonyl (C=O) groups is 1. The van der Waals surface area contributed by atoms with Gasteiger partial charge in [0.1, 0.15) is 5.82 Å². The highest BCUT2D eigenvalue weighted by Gasteiger charge is 2.05. The topological polar surface area (TPSA) is 54.3 Å². The average molecular weight is 327 g/mol. The van der Waals surface area contributed by atoms with Crippen LogP contribution >= 0.6 is 15.9 Å². The van der Waals surface area contributed by atoms with Crippen LogP contribution in [0.1, 0.15) is 5.56 Å². The van der Waals surface area contributed by atoms with Crippen LogP contribution in [0.5, 0.6) is 0 Å². The van der Waals surface area contributed by atoms with Crippen LogP contribution in [0.2, 0.25) is 0 Å². The van der Waals surface area contributed by atoms with Gasteiger partial charge in [-0.1, -0.05) is 18.2 Å². The Balaban J connectivity index is 1.77. The number of rotatable bonds is 4. The molecule has 0 atom stereocenters. The second-order valence-electron chi connectivity index (χ2n) is 3.83. The first kappa shape index (κ1) is 13.6. The van der Waals surface area contributed by atoms with E-state index in [1.54, 1.807) is 30.3 Å². The van der Waals surface area contributed by atoms with E-state index in [9.17, 15) is 9.18 Å². The number of nitrogens with one attached hydrogen (secondary N) is 2. The van der Waals surface area contributed by atoms with Crippen molar-refractivity contribution < 1.29 is 13.6 Å². The third-order valence-electron chi connectivity index (χ3n) is 2.45. The molecule has 0 aliphatic rings. The molecule has 19 heavy (non-hydrogen) atoms. The Kier molecular flexibility index (Phi) is 4.57. The molecule has 0 unspecified atom stereocenters. The number of benzene rings is 1. The zero-order valence-electron chi connectivity index (χ0n) is 9.95. The van der Waals surface area contributed by atoms with E-state index in [1.807, 2.05) is 0 Å². The number of hydrogen-bond acceptors (Lipinski definition) is 2. The number of anilines is 1. The molecule has 0 saturated heterocycles. The van der Waals surface area contributed by atoms with Crippen molar-refractivity contribution in [2.75, 3.05) is 11.9 Å². The number of amides is 2. The van der Waals surface area contributed by atoms with Crippen LogP contribution in [0.4, 0.5) is 15.1 Å². The van der Waals surface area contributed by atoms with Gasteiger partial charge in [0.2, 0.25) is 5.88 Å². The van der Waals surface area contributed by atoms with Crippen molar-refractivity contribution in [1.82, 2.24) is 5.32 Å². The molecular formula is C13H12BrFN2O2. The van der Waals surface area contributed by atoms with Crippen LogP contribution in [0, 0.1) is 5.82 Å². The van der Waals surface area contributed by atoms with Gasteiger partial charge in [-0.05, 0) is 40.0 Å². The second-order valence-corrected chi connectivity index (χ2v) is 4.61. The highest BCUT2D eigenvalue weighted by Crippen LogP contribution is 2.17. The van der Waals surface area contributed by atoms with Crippen LogP contribution in [0.25, 0.3) is 0 Å². The fourth-order valence-electron chi connectivity index (χ4n) is 1.55. The molecule has 6 heteroatoms. The summed E-state index contributed by atoms with van der Waals surface area (Å²) >= 11 is 3.13. The number of urea groups is 1. The summed E-state index contributed by atoms with van der Waals surface area (Å²) in [6, 6.07) is 9.40. The first-order chi connectivity index (χ1) is 9.15. The van der Waals surface area contributed by atoms with E-state index in [-0.39, 0.29) is 5.82 Å². The van der Waals surface area contributed by atoms with Gasteiger partial charge in [0.15, 0.2) is 4.67 Å². The van der Waals surface area contributed by atoms with E-state index in [4.69, 9.17) is 4.42 Å². The average Bonchev–Trinajstić information content (AvgIpc) is 2.77. The molecule has 0 aliphatic carbocycles. The first-order valence-corrected chi connectivity index (χ1v) is 6.48. The highest BCUT2D eigenvalue weighted by atomic mass is 79.9. The summed E-state index contributed by atoms with van der Waals surface area (Å²) in [7, 11) is 0. The minimum Gasteiger partial charge on any atom is -0.434 e. The lowest BCUT2D eigenvalue weighted by atomic mass is 10.1. The normalized spacial score (nSPS) is 10.2. The predicted molar refractivity (Wildman–Crippen MR) is 73.5 cm³/mol. The van der Waals surface area contributed by atoms with Gasteiger partial charge >= 0.3 is 6.03 Å². The molecule has 1 aromatic carbocycles. The number of carbonyl (C=O) groups excluding carboxylic acids is 1. The summed E-state index contributed by atoms with van der Waals surface area (Å²) in [6.45, 7) is 0.342. The molecule has 2 amide bonds. The second kappa shape index (κ2) is 6.38. The maximum Gasteiger partial charge on any atom is 0.321 e. The minimum atomic E-state index is -0.391. The van der Waals surface area contributed by atoms with Crippen LogP contribution in [-0.4, -0.2) is 12.6 Å². The standard InChI is InChI=1S/C13H12BrFN2O2/c14-11-5-6-12(19-11)17-13(18)16-8-7-9-3-1-2-4-10(9)15/h1-6H,7-8H2,(H2,16,17,18). The Hall–Kier alpha value is -1.82. The van der Waals surface area contributed by atoms with Gasteiger partial charge in [0.05, 0.1) is 0 Å². The fraction of sp³-hybridized carbons (Fsp3) is 0.154. The Morgan fingerprint density at radius 2 is 2.05 bits per heavy atom. The lowest BCUT2D eigenvalue weighted by Crippen LogP contribution is -2.30. The molecule has 4 nitrogen and oxygen atoms in total. The van der Waals surface area contributed by atoms with Crippen molar-refractivity contribution in [3.05, 3.63) is 52.4 Å².